The maximum atomic E-state index is 11.6. The summed E-state index contributed by atoms with van der Waals surface area (Å²) in [6, 6.07) is 7.59. The van der Waals surface area contributed by atoms with E-state index in [9.17, 15) is 14.4 Å². The van der Waals surface area contributed by atoms with Gasteiger partial charge >= 0.3 is 18.0 Å². The molecule has 0 radical (unpaired) electrons. The molecule has 2 unspecified atom stereocenters. The van der Waals surface area contributed by atoms with Gasteiger partial charge in [-0.3, -0.25) is 4.79 Å². The topological polar surface area (TPSA) is 113 Å². The normalized spacial score (nSPS) is 13.0. The van der Waals surface area contributed by atoms with E-state index in [1.165, 1.54) is 6.92 Å². The minimum atomic E-state index is -1.32. The van der Waals surface area contributed by atoms with Crippen LogP contribution < -0.4 is 5.32 Å². The van der Waals surface area contributed by atoms with Crippen molar-refractivity contribution >= 4 is 18.0 Å². The fraction of sp³-hybridized carbons (Fsp3) is 0.357. The minimum absolute atomic E-state index is 0.00627. The van der Waals surface area contributed by atoms with Crippen LogP contribution in [0.25, 0.3) is 0 Å². The molecule has 7 heteroatoms. The SMILES string of the molecule is CC(CC(=O)O)C(NC(=O)OCc1ccccc1)C(=O)O. The first-order valence-electron chi connectivity index (χ1n) is 6.32. The standard InChI is InChI=1S/C14H17NO6/c1-9(7-11(16)17)12(13(18)19)15-14(20)21-8-10-5-3-2-4-6-10/h2-6,9,12H,7-8H2,1H3,(H,15,20)(H,16,17)(H,18,19). The lowest BCUT2D eigenvalue weighted by molar-refractivity contribution is -0.142. The minimum Gasteiger partial charge on any atom is -0.481 e. The molecule has 0 fully saturated rings. The lowest BCUT2D eigenvalue weighted by Crippen LogP contribution is -2.45. The molecule has 7 nitrogen and oxygen atoms in total. The highest BCUT2D eigenvalue weighted by molar-refractivity contribution is 5.81. The molecule has 0 spiro atoms. The number of carbonyl (C=O) groups excluding carboxylic acids is 1. The third-order valence-corrected chi connectivity index (χ3v) is 2.82. The van der Waals surface area contributed by atoms with Crippen molar-refractivity contribution in [2.75, 3.05) is 0 Å². The third-order valence-electron chi connectivity index (χ3n) is 2.82. The van der Waals surface area contributed by atoms with Crippen LogP contribution in [-0.2, 0) is 20.9 Å². The second-order valence-corrected chi connectivity index (χ2v) is 4.60. The number of ether oxygens (including phenoxy) is 1. The largest absolute Gasteiger partial charge is 0.481 e. The summed E-state index contributed by atoms with van der Waals surface area (Å²) in [4.78, 5) is 33.2. The summed E-state index contributed by atoms with van der Waals surface area (Å²) in [7, 11) is 0. The molecule has 1 aromatic rings. The molecule has 3 N–H and O–H groups in total. The Morgan fingerprint density at radius 2 is 1.81 bits per heavy atom. The van der Waals surface area contributed by atoms with Crippen molar-refractivity contribution in [2.45, 2.75) is 26.0 Å². The third kappa shape index (κ3) is 5.94. The van der Waals surface area contributed by atoms with E-state index in [0.717, 1.165) is 5.56 Å². The van der Waals surface area contributed by atoms with Gasteiger partial charge in [-0.2, -0.15) is 0 Å². The number of nitrogens with one attached hydrogen (secondary N) is 1. The van der Waals surface area contributed by atoms with Crippen molar-refractivity contribution in [3.63, 3.8) is 0 Å². The summed E-state index contributed by atoms with van der Waals surface area (Å²) in [5.74, 6) is -3.20. The highest BCUT2D eigenvalue weighted by Crippen LogP contribution is 2.09. The van der Waals surface area contributed by atoms with E-state index >= 15 is 0 Å². The Labute approximate surface area is 121 Å². The van der Waals surface area contributed by atoms with E-state index in [4.69, 9.17) is 14.9 Å². The predicted octanol–water partition coefficient (Wildman–Crippen LogP) is 1.48. The number of carboxylic acids is 2. The molecule has 0 saturated heterocycles. The predicted molar refractivity (Wildman–Crippen MR) is 72.6 cm³/mol. The number of carboxylic acid groups (broad SMARTS) is 2. The van der Waals surface area contributed by atoms with Gasteiger partial charge in [-0.05, 0) is 11.5 Å². The monoisotopic (exact) mass is 295 g/mol. The highest BCUT2D eigenvalue weighted by atomic mass is 16.5. The lowest BCUT2D eigenvalue weighted by atomic mass is 9.98. The molecule has 0 aromatic heterocycles. The molecule has 114 valence electrons. The zero-order valence-electron chi connectivity index (χ0n) is 11.5. The smallest absolute Gasteiger partial charge is 0.408 e. The molecule has 0 heterocycles. The molecule has 1 rings (SSSR count). The van der Waals surface area contributed by atoms with Crippen molar-refractivity contribution in [1.82, 2.24) is 5.32 Å². The van der Waals surface area contributed by atoms with E-state index in [0.29, 0.717) is 0 Å². The first-order valence-corrected chi connectivity index (χ1v) is 6.32. The molecule has 0 saturated carbocycles. The van der Waals surface area contributed by atoms with Crippen molar-refractivity contribution in [3.8, 4) is 0 Å². The first-order chi connectivity index (χ1) is 9.90. The van der Waals surface area contributed by atoms with E-state index in [-0.39, 0.29) is 13.0 Å². The lowest BCUT2D eigenvalue weighted by Gasteiger charge is -2.19. The number of benzene rings is 1. The van der Waals surface area contributed by atoms with Gasteiger partial charge in [0.25, 0.3) is 0 Å². The van der Waals surface area contributed by atoms with Crippen molar-refractivity contribution < 1.29 is 29.3 Å². The van der Waals surface area contributed by atoms with Crippen LogP contribution in [-0.4, -0.2) is 34.3 Å². The van der Waals surface area contributed by atoms with Crippen LogP contribution in [0.1, 0.15) is 18.9 Å². The molecular weight excluding hydrogens is 278 g/mol. The summed E-state index contributed by atoms with van der Waals surface area (Å²) >= 11 is 0. The number of rotatable bonds is 7. The Kier molecular flexibility index (Phi) is 6.19. The Morgan fingerprint density at radius 1 is 1.19 bits per heavy atom. The number of aliphatic carboxylic acids is 2. The second-order valence-electron chi connectivity index (χ2n) is 4.60. The van der Waals surface area contributed by atoms with Gasteiger partial charge < -0.3 is 20.3 Å². The summed E-state index contributed by atoms with van der Waals surface area (Å²) in [5.41, 5.74) is 0.762. The quantitative estimate of drug-likeness (QED) is 0.702. The molecule has 0 aliphatic rings. The van der Waals surface area contributed by atoms with Crippen molar-refractivity contribution in [1.29, 1.82) is 0 Å². The van der Waals surface area contributed by atoms with Crippen LogP contribution in [0, 0.1) is 5.92 Å². The summed E-state index contributed by atoms with van der Waals surface area (Å²) < 4.78 is 4.90. The zero-order valence-corrected chi connectivity index (χ0v) is 11.5. The molecule has 21 heavy (non-hydrogen) atoms. The van der Waals surface area contributed by atoms with Gasteiger partial charge in [-0.25, -0.2) is 9.59 Å². The fourth-order valence-electron chi connectivity index (χ4n) is 1.73. The van der Waals surface area contributed by atoms with Crippen LogP contribution >= 0.6 is 0 Å². The Morgan fingerprint density at radius 3 is 2.33 bits per heavy atom. The molecule has 0 aliphatic carbocycles. The zero-order chi connectivity index (χ0) is 15.8. The molecule has 0 bridgehead atoms. The number of alkyl carbamates (subject to hydrolysis) is 1. The number of carbonyl (C=O) groups is 3. The molecule has 0 aliphatic heterocycles. The maximum absolute atomic E-state index is 11.6. The first kappa shape index (κ1) is 16.5. The van der Waals surface area contributed by atoms with E-state index in [1.807, 2.05) is 6.07 Å². The molecule has 1 aromatic carbocycles. The van der Waals surface area contributed by atoms with Gasteiger partial charge in [0.05, 0.1) is 6.42 Å². The Balaban J connectivity index is 2.52. The van der Waals surface area contributed by atoms with Crippen LogP contribution in [0.4, 0.5) is 4.79 Å². The fourth-order valence-corrected chi connectivity index (χ4v) is 1.73. The van der Waals surface area contributed by atoms with Gasteiger partial charge in [0, 0.05) is 0 Å². The van der Waals surface area contributed by atoms with E-state index in [1.54, 1.807) is 24.3 Å². The van der Waals surface area contributed by atoms with Gasteiger partial charge in [-0.1, -0.05) is 37.3 Å². The molecule has 2 atom stereocenters. The number of amides is 1. The number of hydrogen-bond donors (Lipinski definition) is 3. The van der Waals surface area contributed by atoms with Gasteiger partial charge in [0.1, 0.15) is 12.6 Å². The van der Waals surface area contributed by atoms with Gasteiger partial charge in [0.2, 0.25) is 0 Å². The number of hydrogen-bond acceptors (Lipinski definition) is 4. The molecule has 1 amide bonds. The summed E-state index contributed by atoms with van der Waals surface area (Å²) in [6.07, 6.45) is -1.26. The summed E-state index contributed by atoms with van der Waals surface area (Å²) in [5, 5.41) is 19.9. The Bertz CT molecular complexity index is 501. The summed E-state index contributed by atoms with van der Waals surface area (Å²) in [6.45, 7) is 1.44. The van der Waals surface area contributed by atoms with Crippen molar-refractivity contribution in [3.05, 3.63) is 35.9 Å². The van der Waals surface area contributed by atoms with E-state index < -0.39 is 30.0 Å². The van der Waals surface area contributed by atoms with Crippen LogP contribution in [0.5, 0.6) is 0 Å². The van der Waals surface area contributed by atoms with Crippen LogP contribution in [0.15, 0.2) is 30.3 Å². The van der Waals surface area contributed by atoms with Crippen LogP contribution in [0.2, 0.25) is 0 Å². The Hall–Kier alpha value is -2.57. The molecular formula is C14H17NO6. The average molecular weight is 295 g/mol. The van der Waals surface area contributed by atoms with Crippen molar-refractivity contribution in [2.24, 2.45) is 5.92 Å². The second kappa shape index (κ2) is 7.88. The highest BCUT2D eigenvalue weighted by Gasteiger charge is 2.28. The average Bonchev–Trinajstić information content (AvgIpc) is 2.42. The van der Waals surface area contributed by atoms with Crippen LogP contribution in [0.3, 0.4) is 0 Å². The maximum Gasteiger partial charge on any atom is 0.408 e. The van der Waals surface area contributed by atoms with E-state index in [2.05, 4.69) is 5.32 Å². The van der Waals surface area contributed by atoms with Gasteiger partial charge in [0.15, 0.2) is 0 Å². The van der Waals surface area contributed by atoms with Gasteiger partial charge in [-0.15, -0.1) is 0 Å².